The highest BCUT2D eigenvalue weighted by Gasteiger charge is 2.56. The highest BCUT2D eigenvalue weighted by atomic mass is 19.1. The number of carbonyl (C=O) groups excluding carboxylic acids is 1. The number of rotatable bonds is 4. The number of nitrogens with one attached hydrogen (secondary N) is 1. The fraction of sp³-hybridized carbons (Fsp3) is 0.650. The van der Waals surface area contributed by atoms with E-state index in [9.17, 15) is 14.3 Å². The molecule has 2 N–H and O–H groups in total. The van der Waals surface area contributed by atoms with Crippen LogP contribution in [0, 0.1) is 23.6 Å². The van der Waals surface area contributed by atoms with Gasteiger partial charge in [0.25, 0.3) is 0 Å². The Balaban J connectivity index is 1.48. The molecule has 25 heavy (non-hydrogen) atoms. The topological polar surface area (TPSA) is 52.6 Å². The minimum atomic E-state index is -0.278. The number of aliphatic hydroxyl groups excluding tert-OH is 1. The van der Waals surface area contributed by atoms with E-state index in [0.29, 0.717) is 11.8 Å². The smallest absolute Gasteiger partial charge is 0.224 e. The SMILES string of the molecule is CC(NC(=O)C1C2CCCC21)c1cc(F)ccc1N1CCC(O)CC1. The van der Waals surface area contributed by atoms with Gasteiger partial charge >= 0.3 is 0 Å². The van der Waals surface area contributed by atoms with E-state index < -0.39 is 0 Å². The molecule has 1 aliphatic heterocycles. The number of carbonyl (C=O) groups is 1. The Morgan fingerprint density at radius 2 is 1.92 bits per heavy atom. The van der Waals surface area contributed by atoms with Crippen LogP contribution in [0.5, 0.6) is 0 Å². The first kappa shape index (κ1) is 16.8. The van der Waals surface area contributed by atoms with Gasteiger partial charge in [0.05, 0.1) is 12.1 Å². The maximum atomic E-state index is 13.9. The van der Waals surface area contributed by atoms with Gasteiger partial charge in [-0.25, -0.2) is 4.39 Å². The summed E-state index contributed by atoms with van der Waals surface area (Å²) in [4.78, 5) is 14.8. The van der Waals surface area contributed by atoms with E-state index in [4.69, 9.17) is 0 Å². The highest BCUT2D eigenvalue weighted by molar-refractivity contribution is 5.83. The number of nitrogens with zero attached hydrogens (tertiary/aromatic N) is 1. The zero-order valence-electron chi connectivity index (χ0n) is 14.7. The van der Waals surface area contributed by atoms with Crippen LogP contribution in [0.2, 0.25) is 0 Å². The first-order valence-corrected chi connectivity index (χ1v) is 9.57. The second-order valence-electron chi connectivity index (χ2n) is 7.94. The summed E-state index contributed by atoms with van der Waals surface area (Å²) in [5.41, 5.74) is 1.80. The van der Waals surface area contributed by atoms with Gasteiger partial charge in [-0.15, -0.1) is 0 Å². The van der Waals surface area contributed by atoms with E-state index in [0.717, 1.165) is 37.2 Å². The molecule has 136 valence electrons. The van der Waals surface area contributed by atoms with E-state index >= 15 is 0 Å². The lowest BCUT2D eigenvalue weighted by Gasteiger charge is -2.34. The van der Waals surface area contributed by atoms with Crippen LogP contribution in [0.1, 0.15) is 50.6 Å². The third-order valence-electron chi connectivity index (χ3n) is 6.33. The fourth-order valence-electron chi connectivity index (χ4n) is 4.86. The van der Waals surface area contributed by atoms with Crippen LogP contribution in [-0.4, -0.2) is 30.2 Å². The maximum Gasteiger partial charge on any atom is 0.224 e. The number of hydrogen-bond donors (Lipinski definition) is 2. The number of benzene rings is 1. The molecule has 3 fully saturated rings. The number of fused-ring (bicyclic) bond motifs is 1. The predicted octanol–water partition coefficient (Wildman–Crippen LogP) is 3.01. The first-order valence-electron chi connectivity index (χ1n) is 9.57. The van der Waals surface area contributed by atoms with Crippen LogP contribution in [0.15, 0.2) is 18.2 Å². The molecule has 0 aromatic heterocycles. The maximum absolute atomic E-state index is 13.9. The quantitative estimate of drug-likeness (QED) is 0.881. The molecule has 5 heteroatoms. The van der Waals surface area contributed by atoms with Crippen molar-refractivity contribution < 1.29 is 14.3 Å². The molecular formula is C20H27FN2O2. The molecule has 1 saturated heterocycles. The molecule has 4 rings (SSSR count). The molecule has 0 spiro atoms. The lowest BCUT2D eigenvalue weighted by atomic mass is 10.0. The molecule has 2 aliphatic carbocycles. The minimum Gasteiger partial charge on any atom is -0.393 e. The summed E-state index contributed by atoms with van der Waals surface area (Å²) in [5, 5.41) is 12.8. The summed E-state index contributed by atoms with van der Waals surface area (Å²) in [6.07, 6.45) is 4.82. The Labute approximate surface area is 148 Å². The number of amides is 1. The molecule has 0 bridgehead atoms. The Bertz CT molecular complexity index is 647. The van der Waals surface area contributed by atoms with Crippen molar-refractivity contribution in [2.75, 3.05) is 18.0 Å². The molecule has 3 unspecified atom stereocenters. The molecule has 2 saturated carbocycles. The number of piperidine rings is 1. The molecule has 3 atom stereocenters. The second kappa shape index (κ2) is 6.60. The average molecular weight is 346 g/mol. The van der Waals surface area contributed by atoms with Crippen molar-refractivity contribution in [2.45, 2.75) is 51.2 Å². The summed E-state index contributed by atoms with van der Waals surface area (Å²) in [6, 6.07) is 4.60. The lowest BCUT2D eigenvalue weighted by molar-refractivity contribution is -0.123. The van der Waals surface area contributed by atoms with Gasteiger partial charge < -0.3 is 15.3 Å². The molecule has 1 aromatic carbocycles. The lowest BCUT2D eigenvalue weighted by Crippen LogP contribution is -2.37. The molecule has 4 nitrogen and oxygen atoms in total. The van der Waals surface area contributed by atoms with E-state index in [-0.39, 0.29) is 29.8 Å². The molecule has 0 radical (unpaired) electrons. The Morgan fingerprint density at radius 3 is 2.60 bits per heavy atom. The van der Waals surface area contributed by atoms with E-state index in [1.807, 2.05) is 6.92 Å². The van der Waals surface area contributed by atoms with Crippen molar-refractivity contribution in [3.63, 3.8) is 0 Å². The number of halogens is 1. The number of aliphatic hydroxyl groups is 1. The van der Waals surface area contributed by atoms with Crippen LogP contribution in [-0.2, 0) is 4.79 Å². The zero-order chi connectivity index (χ0) is 17.6. The van der Waals surface area contributed by atoms with Gasteiger partial charge in [-0.05, 0) is 62.6 Å². The van der Waals surface area contributed by atoms with Gasteiger partial charge in [-0.1, -0.05) is 6.42 Å². The zero-order valence-corrected chi connectivity index (χ0v) is 14.7. The number of hydrogen-bond acceptors (Lipinski definition) is 3. The van der Waals surface area contributed by atoms with Crippen molar-refractivity contribution in [3.05, 3.63) is 29.6 Å². The van der Waals surface area contributed by atoms with Gasteiger partial charge in [0.15, 0.2) is 0 Å². The molecule has 1 heterocycles. The van der Waals surface area contributed by atoms with Gasteiger partial charge in [-0.3, -0.25) is 4.79 Å². The van der Waals surface area contributed by atoms with E-state index in [1.165, 1.54) is 25.3 Å². The first-order chi connectivity index (χ1) is 12.0. The second-order valence-corrected chi connectivity index (χ2v) is 7.94. The van der Waals surface area contributed by atoms with Crippen molar-refractivity contribution >= 4 is 11.6 Å². The average Bonchev–Trinajstić information content (AvgIpc) is 3.08. The predicted molar refractivity (Wildman–Crippen MR) is 94.7 cm³/mol. The largest absolute Gasteiger partial charge is 0.393 e. The van der Waals surface area contributed by atoms with Crippen molar-refractivity contribution in [2.24, 2.45) is 17.8 Å². The standard InChI is InChI=1S/C20H27FN2O2/c1-12(22-20(25)19-15-3-2-4-16(15)19)17-11-13(21)5-6-18(17)23-9-7-14(24)8-10-23/h5-6,11-12,14-16,19,24H,2-4,7-10H2,1H3,(H,22,25). The molecule has 1 aromatic rings. The summed E-state index contributed by atoms with van der Waals surface area (Å²) >= 11 is 0. The molecular weight excluding hydrogens is 319 g/mol. The Hall–Kier alpha value is -1.62. The van der Waals surface area contributed by atoms with E-state index in [1.54, 1.807) is 12.1 Å². The summed E-state index contributed by atoms with van der Waals surface area (Å²) < 4.78 is 13.9. The third-order valence-corrected chi connectivity index (χ3v) is 6.33. The van der Waals surface area contributed by atoms with E-state index in [2.05, 4.69) is 10.2 Å². The summed E-state index contributed by atoms with van der Waals surface area (Å²) in [7, 11) is 0. The molecule has 3 aliphatic rings. The Morgan fingerprint density at radius 1 is 1.24 bits per heavy atom. The summed E-state index contributed by atoms with van der Waals surface area (Å²) in [6.45, 7) is 3.45. The van der Waals surface area contributed by atoms with Crippen molar-refractivity contribution in [1.29, 1.82) is 0 Å². The van der Waals surface area contributed by atoms with Crippen LogP contribution in [0.25, 0.3) is 0 Å². The fourth-order valence-corrected chi connectivity index (χ4v) is 4.86. The van der Waals surface area contributed by atoms with Gasteiger partial charge in [-0.2, -0.15) is 0 Å². The number of anilines is 1. The van der Waals surface area contributed by atoms with Gasteiger partial charge in [0, 0.05) is 30.3 Å². The van der Waals surface area contributed by atoms with Crippen LogP contribution in [0.3, 0.4) is 0 Å². The third kappa shape index (κ3) is 3.26. The van der Waals surface area contributed by atoms with Crippen LogP contribution < -0.4 is 10.2 Å². The minimum absolute atomic E-state index is 0.131. The van der Waals surface area contributed by atoms with Gasteiger partial charge in [0.2, 0.25) is 5.91 Å². The van der Waals surface area contributed by atoms with Gasteiger partial charge in [0.1, 0.15) is 5.82 Å². The van der Waals surface area contributed by atoms with Crippen LogP contribution in [0.4, 0.5) is 10.1 Å². The van der Waals surface area contributed by atoms with Crippen LogP contribution >= 0.6 is 0 Å². The normalized spacial score (nSPS) is 30.0. The molecule has 1 amide bonds. The van der Waals surface area contributed by atoms with Crippen molar-refractivity contribution in [1.82, 2.24) is 5.32 Å². The monoisotopic (exact) mass is 346 g/mol. The Kier molecular flexibility index (Phi) is 4.44. The highest BCUT2D eigenvalue weighted by Crippen LogP contribution is 2.57. The van der Waals surface area contributed by atoms with Crippen molar-refractivity contribution in [3.8, 4) is 0 Å². The summed E-state index contributed by atoms with van der Waals surface area (Å²) in [5.74, 6) is 1.20.